The van der Waals surface area contributed by atoms with Gasteiger partial charge in [0.15, 0.2) is 0 Å². The van der Waals surface area contributed by atoms with Gasteiger partial charge in [-0.1, -0.05) is 41.4 Å². The molecule has 0 radical (unpaired) electrons. The lowest BCUT2D eigenvalue weighted by Crippen LogP contribution is -2.18. The third-order valence-electron chi connectivity index (χ3n) is 2.98. The Bertz CT molecular complexity index is 622. The quantitative estimate of drug-likeness (QED) is 0.841. The second kappa shape index (κ2) is 8.39. The van der Waals surface area contributed by atoms with Crippen molar-refractivity contribution in [2.75, 3.05) is 5.32 Å². The Kier molecular flexibility index (Phi) is 7.17. The van der Waals surface area contributed by atoms with Crippen LogP contribution in [0.15, 0.2) is 42.5 Å². The Morgan fingerprint density at radius 1 is 1.14 bits per heavy atom. The number of para-hydroxylation sites is 1. The Hall–Kier alpha value is -1.26. The minimum absolute atomic E-state index is 0. The van der Waals surface area contributed by atoms with Crippen LogP contribution in [-0.2, 0) is 6.42 Å². The summed E-state index contributed by atoms with van der Waals surface area (Å²) in [6.45, 7) is 1.94. The summed E-state index contributed by atoms with van der Waals surface area (Å²) in [5.41, 5.74) is 7.81. The smallest absolute Gasteiger partial charge is 0.255 e. The summed E-state index contributed by atoms with van der Waals surface area (Å²) in [5, 5.41) is 3.54. The number of benzene rings is 2. The summed E-state index contributed by atoms with van der Waals surface area (Å²) in [4.78, 5) is 12.2. The van der Waals surface area contributed by atoms with Crippen molar-refractivity contribution in [1.29, 1.82) is 0 Å². The van der Waals surface area contributed by atoms with Crippen LogP contribution < -0.4 is 11.1 Å². The largest absolute Gasteiger partial charge is 0.328 e. The van der Waals surface area contributed by atoms with Crippen molar-refractivity contribution in [1.82, 2.24) is 0 Å². The number of amides is 1. The van der Waals surface area contributed by atoms with Gasteiger partial charge in [-0.05, 0) is 43.2 Å². The van der Waals surface area contributed by atoms with E-state index in [1.165, 1.54) is 0 Å². The van der Waals surface area contributed by atoms with Gasteiger partial charge < -0.3 is 11.1 Å². The van der Waals surface area contributed by atoms with E-state index in [4.69, 9.17) is 28.9 Å². The molecule has 0 saturated heterocycles. The highest BCUT2D eigenvalue weighted by Crippen LogP contribution is 2.30. The maximum absolute atomic E-state index is 12.2. The highest BCUT2D eigenvalue weighted by atomic mass is 35.5. The van der Waals surface area contributed by atoms with Crippen molar-refractivity contribution in [2.45, 2.75) is 19.4 Å². The zero-order valence-corrected chi connectivity index (χ0v) is 14.3. The molecule has 2 rings (SSSR count). The highest BCUT2D eigenvalue weighted by Gasteiger charge is 2.11. The number of nitrogens with two attached hydrogens (primary N) is 1. The van der Waals surface area contributed by atoms with Gasteiger partial charge in [0.05, 0.1) is 15.7 Å². The standard InChI is InChI=1S/C16H16Cl2N2O.ClH/c1-10(19)9-11-5-7-12(8-6-11)16(21)20-15-13(17)3-2-4-14(15)18;/h2-8,10H,9,19H2,1H3,(H,20,21);1H. The minimum Gasteiger partial charge on any atom is -0.328 e. The average molecular weight is 360 g/mol. The molecule has 3 nitrogen and oxygen atoms in total. The normalized spacial score (nSPS) is 11.5. The fraction of sp³-hybridized carbons (Fsp3) is 0.188. The number of anilines is 1. The zero-order chi connectivity index (χ0) is 15.4. The number of hydrogen-bond acceptors (Lipinski definition) is 2. The van der Waals surface area contributed by atoms with Gasteiger partial charge in [-0.3, -0.25) is 4.79 Å². The van der Waals surface area contributed by atoms with Crippen LogP contribution in [0.2, 0.25) is 10.0 Å². The first-order chi connectivity index (χ1) is 9.97. The van der Waals surface area contributed by atoms with E-state index in [9.17, 15) is 4.79 Å². The molecule has 6 heteroatoms. The van der Waals surface area contributed by atoms with Crippen molar-refractivity contribution >= 4 is 47.2 Å². The van der Waals surface area contributed by atoms with Crippen molar-refractivity contribution in [2.24, 2.45) is 5.73 Å². The fourth-order valence-electron chi connectivity index (χ4n) is 1.97. The predicted molar refractivity (Wildman–Crippen MR) is 95.5 cm³/mol. The molecule has 0 saturated carbocycles. The Morgan fingerprint density at radius 2 is 1.68 bits per heavy atom. The van der Waals surface area contributed by atoms with E-state index >= 15 is 0 Å². The molecule has 1 amide bonds. The molecule has 0 bridgehead atoms. The third kappa shape index (κ3) is 4.89. The molecule has 2 aromatic carbocycles. The number of carbonyl (C=O) groups excluding carboxylic acids is 1. The van der Waals surface area contributed by atoms with E-state index in [2.05, 4.69) is 5.32 Å². The van der Waals surface area contributed by atoms with Gasteiger partial charge >= 0.3 is 0 Å². The van der Waals surface area contributed by atoms with Crippen molar-refractivity contribution in [3.8, 4) is 0 Å². The molecule has 118 valence electrons. The van der Waals surface area contributed by atoms with E-state index < -0.39 is 0 Å². The monoisotopic (exact) mass is 358 g/mol. The highest BCUT2D eigenvalue weighted by molar-refractivity contribution is 6.40. The van der Waals surface area contributed by atoms with E-state index in [1.807, 2.05) is 19.1 Å². The molecule has 1 unspecified atom stereocenters. The van der Waals surface area contributed by atoms with Crippen molar-refractivity contribution < 1.29 is 4.79 Å². The molecule has 0 heterocycles. The topological polar surface area (TPSA) is 55.1 Å². The molecule has 0 aliphatic heterocycles. The van der Waals surface area contributed by atoms with Crippen LogP contribution in [0.5, 0.6) is 0 Å². The van der Waals surface area contributed by atoms with Crippen LogP contribution >= 0.6 is 35.6 Å². The number of carbonyl (C=O) groups is 1. The summed E-state index contributed by atoms with van der Waals surface area (Å²) in [5.74, 6) is -0.252. The fourth-order valence-corrected chi connectivity index (χ4v) is 2.46. The van der Waals surface area contributed by atoms with Gasteiger partial charge in [-0.15, -0.1) is 12.4 Å². The summed E-state index contributed by atoms with van der Waals surface area (Å²) < 4.78 is 0. The van der Waals surface area contributed by atoms with Crippen LogP contribution in [0.3, 0.4) is 0 Å². The molecule has 1 atom stereocenters. The molecule has 0 spiro atoms. The number of hydrogen-bond donors (Lipinski definition) is 2. The lowest BCUT2D eigenvalue weighted by Gasteiger charge is -2.10. The second-order valence-electron chi connectivity index (χ2n) is 4.93. The first kappa shape index (κ1) is 18.8. The van der Waals surface area contributed by atoms with Crippen LogP contribution in [0.4, 0.5) is 5.69 Å². The van der Waals surface area contributed by atoms with Crippen LogP contribution in [0.1, 0.15) is 22.8 Å². The summed E-state index contributed by atoms with van der Waals surface area (Å²) in [6, 6.07) is 12.5. The Morgan fingerprint density at radius 3 is 2.18 bits per heavy atom. The van der Waals surface area contributed by atoms with Gasteiger partial charge in [0, 0.05) is 11.6 Å². The SMILES string of the molecule is CC(N)Cc1ccc(C(=O)Nc2c(Cl)cccc2Cl)cc1.Cl. The Balaban J connectivity index is 0.00000242. The summed E-state index contributed by atoms with van der Waals surface area (Å²) in [7, 11) is 0. The van der Waals surface area contributed by atoms with Crippen LogP contribution in [-0.4, -0.2) is 11.9 Å². The summed E-state index contributed by atoms with van der Waals surface area (Å²) in [6.07, 6.45) is 0.776. The van der Waals surface area contributed by atoms with Gasteiger partial charge in [0.1, 0.15) is 0 Å². The van der Waals surface area contributed by atoms with E-state index in [0.29, 0.717) is 21.3 Å². The molecule has 0 aliphatic carbocycles. The Labute approximate surface area is 146 Å². The van der Waals surface area contributed by atoms with Gasteiger partial charge in [0.2, 0.25) is 0 Å². The third-order valence-corrected chi connectivity index (χ3v) is 3.61. The summed E-state index contributed by atoms with van der Waals surface area (Å²) >= 11 is 12.1. The molecule has 22 heavy (non-hydrogen) atoms. The van der Waals surface area contributed by atoms with Crippen LogP contribution in [0.25, 0.3) is 0 Å². The molecule has 3 N–H and O–H groups in total. The lowest BCUT2D eigenvalue weighted by atomic mass is 10.1. The van der Waals surface area contributed by atoms with Gasteiger partial charge in [0.25, 0.3) is 5.91 Å². The number of nitrogens with one attached hydrogen (secondary N) is 1. The first-order valence-corrected chi connectivity index (χ1v) is 7.33. The molecule has 0 aromatic heterocycles. The number of rotatable bonds is 4. The van der Waals surface area contributed by atoms with Gasteiger partial charge in [-0.2, -0.15) is 0 Å². The molecular weight excluding hydrogens is 343 g/mol. The van der Waals surface area contributed by atoms with E-state index in [0.717, 1.165) is 12.0 Å². The molecule has 0 fully saturated rings. The van der Waals surface area contributed by atoms with Gasteiger partial charge in [-0.25, -0.2) is 0 Å². The maximum Gasteiger partial charge on any atom is 0.255 e. The zero-order valence-electron chi connectivity index (χ0n) is 12.0. The van der Waals surface area contributed by atoms with Crippen molar-refractivity contribution in [3.05, 3.63) is 63.6 Å². The molecule has 0 aliphatic rings. The van der Waals surface area contributed by atoms with E-state index in [1.54, 1.807) is 30.3 Å². The van der Waals surface area contributed by atoms with Crippen LogP contribution in [0, 0.1) is 0 Å². The second-order valence-corrected chi connectivity index (χ2v) is 5.74. The predicted octanol–water partition coefficient (Wildman–Crippen LogP) is 4.56. The number of halogens is 3. The molecule has 2 aromatic rings. The molecular formula is C16H17Cl3N2O. The average Bonchev–Trinajstić information content (AvgIpc) is 2.43. The minimum atomic E-state index is -0.252. The first-order valence-electron chi connectivity index (χ1n) is 6.57. The van der Waals surface area contributed by atoms with Crippen molar-refractivity contribution in [3.63, 3.8) is 0 Å². The lowest BCUT2D eigenvalue weighted by molar-refractivity contribution is 0.102. The maximum atomic E-state index is 12.2. The van der Waals surface area contributed by atoms with E-state index in [-0.39, 0.29) is 24.4 Å².